The van der Waals surface area contributed by atoms with Gasteiger partial charge in [-0.3, -0.25) is 0 Å². The first-order chi connectivity index (χ1) is 5.05. The molecule has 0 radical (unpaired) electrons. The molecule has 0 aromatic heterocycles. The van der Waals surface area contributed by atoms with Crippen LogP contribution < -0.4 is 0 Å². The van der Waals surface area contributed by atoms with Gasteiger partial charge in [0.15, 0.2) is 0 Å². The van der Waals surface area contributed by atoms with Crippen molar-refractivity contribution in [2.24, 2.45) is 17.3 Å². The van der Waals surface area contributed by atoms with Crippen LogP contribution in [0.25, 0.3) is 0 Å². The molecule has 0 N–H and O–H groups in total. The molecule has 1 fully saturated rings. The summed E-state index contributed by atoms with van der Waals surface area (Å²) in [7, 11) is 0. The van der Waals surface area contributed by atoms with E-state index < -0.39 is 0 Å². The van der Waals surface area contributed by atoms with Crippen molar-refractivity contribution in [1.29, 1.82) is 0 Å². The predicted molar refractivity (Wildman–Crippen MR) is 47.5 cm³/mol. The predicted octanol–water partition coefficient (Wildman–Crippen LogP) is 2.71. The minimum Gasteiger partial charge on any atom is -0.381 e. The molecule has 66 valence electrons. The summed E-state index contributed by atoms with van der Waals surface area (Å²) >= 11 is 0. The molecule has 0 bridgehead atoms. The smallest absolute Gasteiger partial charge is 0.0502 e. The Morgan fingerprint density at radius 3 is 2.27 bits per heavy atom. The van der Waals surface area contributed by atoms with Gasteiger partial charge in [-0.2, -0.15) is 0 Å². The highest BCUT2D eigenvalue weighted by Gasteiger charge is 2.35. The van der Waals surface area contributed by atoms with Crippen LogP contribution in [0.1, 0.15) is 34.1 Å². The molecule has 1 saturated heterocycles. The Morgan fingerprint density at radius 2 is 1.91 bits per heavy atom. The molecule has 0 amide bonds. The third-order valence-electron chi connectivity index (χ3n) is 2.84. The van der Waals surface area contributed by atoms with Crippen molar-refractivity contribution in [1.82, 2.24) is 0 Å². The number of hydrogen-bond donors (Lipinski definition) is 0. The number of hydrogen-bond acceptors (Lipinski definition) is 1. The molecule has 1 nitrogen and oxygen atoms in total. The second-order valence-electron chi connectivity index (χ2n) is 4.68. The fraction of sp³-hybridized carbons (Fsp3) is 1.00. The first kappa shape index (κ1) is 9.05. The van der Waals surface area contributed by atoms with Crippen LogP contribution in [0.2, 0.25) is 0 Å². The molecule has 0 saturated carbocycles. The quantitative estimate of drug-likeness (QED) is 0.567. The lowest BCUT2D eigenvalue weighted by Gasteiger charge is -2.30. The Labute approximate surface area is 70.1 Å². The molecule has 2 unspecified atom stereocenters. The van der Waals surface area contributed by atoms with E-state index >= 15 is 0 Å². The zero-order valence-electron chi connectivity index (χ0n) is 8.18. The molecule has 0 spiro atoms. The van der Waals surface area contributed by atoms with Gasteiger partial charge < -0.3 is 4.74 Å². The molecule has 1 aliphatic rings. The van der Waals surface area contributed by atoms with Crippen LogP contribution in [-0.4, -0.2) is 13.2 Å². The molecule has 1 aliphatic heterocycles. The van der Waals surface area contributed by atoms with Crippen LogP contribution in [0.5, 0.6) is 0 Å². The molecular weight excluding hydrogens is 136 g/mol. The van der Waals surface area contributed by atoms with Crippen LogP contribution in [0.15, 0.2) is 0 Å². The van der Waals surface area contributed by atoms with E-state index in [1.165, 1.54) is 6.42 Å². The van der Waals surface area contributed by atoms with E-state index in [1.54, 1.807) is 0 Å². The lowest BCUT2D eigenvalue weighted by molar-refractivity contribution is 0.150. The average molecular weight is 156 g/mol. The van der Waals surface area contributed by atoms with E-state index in [4.69, 9.17) is 4.74 Å². The van der Waals surface area contributed by atoms with Gasteiger partial charge in [0.2, 0.25) is 0 Å². The SMILES string of the molecule is CCC1COCC1C(C)(C)C. The van der Waals surface area contributed by atoms with Crippen molar-refractivity contribution in [3.8, 4) is 0 Å². The van der Waals surface area contributed by atoms with Crippen LogP contribution in [0.3, 0.4) is 0 Å². The van der Waals surface area contributed by atoms with Gasteiger partial charge in [0.1, 0.15) is 0 Å². The molecule has 1 heterocycles. The third kappa shape index (κ3) is 1.96. The van der Waals surface area contributed by atoms with E-state index in [1.807, 2.05) is 0 Å². The van der Waals surface area contributed by atoms with Crippen molar-refractivity contribution in [3.63, 3.8) is 0 Å². The standard InChI is InChI=1S/C10H20O/c1-5-8-6-11-7-9(8)10(2,3)4/h8-9H,5-7H2,1-4H3. The molecule has 0 aliphatic carbocycles. The largest absolute Gasteiger partial charge is 0.381 e. The lowest BCUT2D eigenvalue weighted by Crippen LogP contribution is -2.26. The van der Waals surface area contributed by atoms with Crippen LogP contribution in [-0.2, 0) is 4.74 Å². The van der Waals surface area contributed by atoms with Crippen molar-refractivity contribution in [2.45, 2.75) is 34.1 Å². The second kappa shape index (κ2) is 3.14. The molecular formula is C10H20O. The van der Waals surface area contributed by atoms with E-state index in [0.717, 1.165) is 25.0 Å². The van der Waals surface area contributed by atoms with Crippen LogP contribution in [0.4, 0.5) is 0 Å². The van der Waals surface area contributed by atoms with E-state index in [2.05, 4.69) is 27.7 Å². The fourth-order valence-electron chi connectivity index (χ4n) is 1.96. The Bertz CT molecular complexity index is 123. The van der Waals surface area contributed by atoms with E-state index in [-0.39, 0.29) is 0 Å². The summed E-state index contributed by atoms with van der Waals surface area (Å²) in [5, 5.41) is 0. The summed E-state index contributed by atoms with van der Waals surface area (Å²) < 4.78 is 5.49. The first-order valence-electron chi connectivity index (χ1n) is 4.63. The van der Waals surface area contributed by atoms with Gasteiger partial charge in [-0.1, -0.05) is 34.1 Å². The number of ether oxygens (including phenoxy) is 1. The summed E-state index contributed by atoms with van der Waals surface area (Å²) in [5.41, 5.74) is 0.428. The lowest BCUT2D eigenvalue weighted by atomic mass is 9.74. The highest BCUT2D eigenvalue weighted by molar-refractivity contribution is 4.83. The van der Waals surface area contributed by atoms with Gasteiger partial charge in [0.25, 0.3) is 0 Å². The van der Waals surface area contributed by atoms with Crippen molar-refractivity contribution >= 4 is 0 Å². The maximum absolute atomic E-state index is 5.49. The Morgan fingerprint density at radius 1 is 1.27 bits per heavy atom. The Balaban J connectivity index is 2.57. The molecule has 0 aromatic carbocycles. The monoisotopic (exact) mass is 156 g/mol. The second-order valence-corrected chi connectivity index (χ2v) is 4.68. The fourth-order valence-corrected chi connectivity index (χ4v) is 1.96. The Kier molecular flexibility index (Phi) is 2.58. The molecule has 1 rings (SSSR count). The third-order valence-corrected chi connectivity index (χ3v) is 2.84. The van der Waals surface area contributed by atoms with Gasteiger partial charge >= 0.3 is 0 Å². The van der Waals surface area contributed by atoms with Gasteiger partial charge in [-0.05, 0) is 17.3 Å². The summed E-state index contributed by atoms with van der Waals surface area (Å²) in [6.45, 7) is 11.2. The topological polar surface area (TPSA) is 9.23 Å². The van der Waals surface area contributed by atoms with Crippen molar-refractivity contribution in [3.05, 3.63) is 0 Å². The zero-order chi connectivity index (χ0) is 8.48. The maximum Gasteiger partial charge on any atom is 0.0502 e. The Hall–Kier alpha value is -0.0400. The highest BCUT2D eigenvalue weighted by atomic mass is 16.5. The first-order valence-corrected chi connectivity index (χ1v) is 4.63. The van der Waals surface area contributed by atoms with Gasteiger partial charge in [-0.15, -0.1) is 0 Å². The van der Waals surface area contributed by atoms with Gasteiger partial charge in [0, 0.05) is 6.61 Å². The van der Waals surface area contributed by atoms with Crippen molar-refractivity contribution in [2.75, 3.05) is 13.2 Å². The van der Waals surface area contributed by atoms with Gasteiger partial charge in [-0.25, -0.2) is 0 Å². The minimum absolute atomic E-state index is 0.428. The normalized spacial score (nSPS) is 32.7. The van der Waals surface area contributed by atoms with Crippen molar-refractivity contribution < 1.29 is 4.74 Å². The summed E-state index contributed by atoms with van der Waals surface area (Å²) in [6, 6.07) is 0. The molecule has 2 atom stereocenters. The molecule has 1 heteroatoms. The van der Waals surface area contributed by atoms with Gasteiger partial charge in [0.05, 0.1) is 6.61 Å². The summed E-state index contributed by atoms with van der Waals surface area (Å²) in [6.07, 6.45) is 1.27. The molecule has 0 aromatic rings. The van der Waals surface area contributed by atoms with E-state index in [0.29, 0.717) is 5.41 Å². The zero-order valence-corrected chi connectivity index (χ0v) is 8.18. The average Bonchev–Trinajstić information content (AvgIpc) is 2.31. The van der Waals surface area contributed by atoms with Crippen LogP contribution in [0, 0.1) is 17.3 Å². The van der Waals surface area contributed by atoms with Crippen LogP contribution >= 0.6 is 0 Å². The van der Waals surface area contributed by atoms with E-state index in [9.17, 15) is 0 Å². The summed E-state index contributed by atoms with van der Waals surface area (Å²) in [4.78, 5) is 0. The minimum atomic E-state index is 0.428. The highest BCUT2D eigenvalue weighted by Crippen LogP contribution is 2.37. The molecule has 11 heavy (non-hydrogen) atoms. The maximum atomic E-state index is 5.49. The number of rotatable bonds is 1. The summed E-state index contributed by atoms with van der Waals surface area (Å²) in [5.74, 6) is 1.57.